The number of hydrogen-bond acceptors (Lipinski definition) is 3. The van der Waals surface area contributed by atoms with Gasteiger partial charge in [-0.05, 0) is 70.8 Å². The van der Waals surface area contributed by atoms with E-state index >= 15 is 0 Å². The molecular weight excluding hydrogens is 298 g/mol. The summed E-state index contributed by atoms with van der Waals surface area (Å²) in [5.74, 6) is 2.57. The second kappa shape index (κ2) is 8.07. The summed E-state index contributed by atoms with van der Waals surface area (Å²) in [5.41, 5.74) is -0.168. The molecule has 0 aromatic heterocycles. The van der Waals surface area contributed by atoms with Crippen LogP contribution < -0.4 is 9.47 Å². The summed E-state index contributed by atoms with van der Waals surface area (Å²) in [7, 11) is 0. The van der Waals surface area contributed by atoms with Crippen LogP contribution in [-0.2, 0) is 0 Å². The van der Waals surface area contributed by atoms with Crippen LogP contribution in [0.25, 0.3) is 0 Å². The predicted molar refractivity (Wildman–Crippen MR) is 92.3 cm³/mol. The Morgan fingerprint density at radius 1 is 1.09 bits per heavy atom. The first-order valence-corrected chi connectivity index (χ1v) is 8.74. The van der Waals surface area contributed by atoms with Crippen LogP contribution in [0.15, 0.2) is 24.3 Å². The van der Waals surface area contributed by atoms with E-state index in [0.29, 0.717) is 6.10 Å². The van der Waals surface area contributed by atoms with Gasteiger partial charge >= 0.3 is 0 Å². The molecule has 0 radical (unpaired) electrons. The third kappa shape index (κ3) is 6.05. The molecule has 0 aliphatic carbocycles. The number of benzene rings is 1. The lowest BCUT2D eigenvalue weighted by Gasteiger charge is -2.32. The number of alkyl halides is 1. The van der Waals surface area contributed by atoms with Gasteiger partial charge in [-0.15, -0.1) is 11.6 Å². The average molecular weight is 326 g/mol. The molecule has 0 N–H and O–H groups in total. The quantitative estimate of drug-likeness (QED) is 0.726. The maximum Gasteiger partial charge on any atom is 0.120 e. The van der Waals surface area contributed by atoms with Crippen molar-refractivity contribution < 1.29 is 9.47 Å². The van der Waals surface area contributed by atoms with E-state index < -0.39 is 0 Å². The van der Waals surface area contributed by atoms with Crippen LogP contribution in [0.5, 0.6) is 11.5 Å². The highest BCUT2D eigenvalue weighted by atomic mass is 35.5. The van der Waals surface area contributed by atoms with E-state index in [4.69, 9.17) is 21.1 Å². The number of piperidine rings is 1. The van der Waals surface area contributed by atoms with Crippen molar-refractivity contribution in [3.63, 3.8) is 0 Å². The number of nitrogens with zero attached hydrogens (tertiary/aromatic N) is 1. The second-order valence-corrected chi connectivity index (χ2v) is 7.27. The van der Waals surface area contributed by atoms with E-state index in [2.05, 4.69) is 25.7 Å². The molecule has 1 aliphatic heterocycles. The summed E-state index contributed by atoms with van der Waals surface area (Å²) < 4.78 is 11.9. The highest BCUT2D eigenvalue weighted by Gasteiger charge is 2.20. The van der Waals surface area contributed by atoms with Crippen molar-refractivity contribution in [2.75, 3.05) is 25.5 Å². The number of hydrogen-bond donors (Lipinski definition) is 0. The fourth-order valence-electron chi connectivity index (χ4n) is 2.67. The van der Waals surface area contributed by atoms with Crippen molar-refractivity contribution in [1.29, 1.82) is 0 Å². The third-order valence-corrected chi connectivity index (χ3v) is 3.96. The lowest BCUT2D eigenvalue weighted by atomic mass is 10.1. The molecule has 0 unspecified atom stereocenters. The maximum atomic E-state index is 6.08. The molecule has 0 spiro atoms. The Kier molecular flexibility index (Phi) is 6.39. The number of likely N-dealkylation sites (tertiary alicyclic amines) is 1. The number of rotatable bonds is 6. The molecule has 1 saturated heterocycles. The van der Waals surface area contributed by atoms with E-state index in [9.17, 15) is 0 Å². The molecule has 1 heterocycles. The van der Waals surface area contributed by atoms with Gasteiger partial charge in [0.2, 0.25) is 0 Å². The van der Waals surface area contributed by atoms with Crippen LogP contribution in [0.4, 0.5) is 0 Å². The molecule has 4 heteroatoms. The van der Waals surface area contributed by atoms with E-state index in [-0.39, 0.29) is 5.60 Å². The summed E-state index contributed by atoms with van der Waals surface area (Å²) in [4.78, 5) is 2.47. The summed E-state index contributed by atoms with van der Waals surface area (Å²) in [6.07, 6.45) is 3.56. The van der Waals surface area contributed by atoms with Crippen molar-refractivity contribution >= 4 is 11.6 Å². The van der Waals surface area contributed by atoms with Crippen LogP contribution in [0.1, 0.15) is 40.0 Å². The van der Waals surface area contributed by atoms with Gasteiger partial charge in [0.1, 0.15) is 23.2 Å². The highest BCUT2D eigenvalue weighted by Crippen LogP contribution is 2.24. The number of halogens is 1. The highest BCUT2D eigenvalue weighted by molar-refractivity contribution is 6.17. The first-order valence-electron chi connectivity index (χ1n) is 8.20. The smallest absolute Gasteiger partial charge is 0.120 e. The summed E-state index contributed by atoms with van der Waals surface area (Å²) in [6.45, 7) is 9.47. The minimum absolute atomic E-state index is 0.168. The molecule has 0 saturated carbocycles. The monoisotopic (exact) mass is 325 g/mol. The maximum absolute atomic E-state index is 6.08. The Morgan fingerprint density at radius 3 is 2.23 bits per heavy atom. The SMILES string of the molecule is CC(C)(C)Oc1ccc(OC2CCN(CCCCl)CC2)cc1. The van der Waals surface area contributed by atoms with Crippen LogP contribution >= 0.6 is 11.6 Å². The topological polar surface area (TPSA) is 21.7 Å². The molecule has 1 aliphatic rings. The normalized spacial score (nSPS) is 17.5. The Hall–Kier alpha value is -0.930. The molecule has 0 bridgehead atoms. The van der Waals surface area contributed by atoms with Gasteiger partial charge in [-0.2, -0.15) is 0 Å². The first-order chi connectivity index (χ1) is 10.5. The molecule has 22 heavy (non-hydrogen) atoms. The van der Waals surface area contributed by atoms with Gasteiger partial charge in [0.25, 0.3) is 0 Å². The zero-order valence-electron chi connectivity index (χ0n) is 14.0. The Morgan fingerprint density at radius 2 is 1.68 bits per heavy atom. The molecule has 1 aromatic rings. The average Bonchev–Trinajstić information content (AvgIpc) is 2.47. The van der Waals surface area contributed by atoms with Crippen molar-refractivity contribution in [1.82, 2.24) is 4.90 Å². The lowest BCUT2D eigenvalue weighted by Crippen LogP contribution is -2.38. The minimum atomic E-state index is -0.168. The molecule has 1 fully saturated rings. The second-order valence-electron chi connectivity index (χ2n) is 6.89. The van der Waals surface area contributed by atoms with Crippen LogP contribution in [0, 0.1) is 0 Å². The van der Waals surface area contributed by atoms with Gasteiger partial charge in [0.05, 0.1) is 0 Å². The van der Waals surface area contributed by atoms with Gasteiger partial charge in [0, 0.05) is 19.0 Å². The molecule has 2 rings (SSSR count). The van der Waals surface area contributed by atoms with E-state index in [0.717, 1.165) is 56.3 Å². The van der Waals surface area contributed by atoms with Gasteiger partial charge < -0.3 is 14.4 Å². The summed E-state index contributed by atoms with van der Waals surface area (Å²) in [5, 5.41) is 0. The third-order valence-electron chi connectivity index (χ3n) is 3.69. The van der Waals surface area contributed by atoms with Gasteiger partial charge in [-0.25, -0.2) is 0 Å². The summed E-state index contributed by atoms with van der Waals surface area (Å²) >= 11 is 5.75. The van der Waals surface area contributed by atoms with E-state index in [1.807, 2.05) is 24.3 Å². The van der Waals surface area contributed by atoms with E-state index in [1.54, 1.807) is 0 Å². The molecule has 1 aromatic carbocycles. The molecule has 3 nitrogen and oxygen atoms in total. The Labute approximate surface area is 139 Å². The number of ether oxygens (including phenoxy) is 2. The van der Waals surface area contributed by atoms with Crippen molar-refractivity contribution in [2.24, 2.45) is 0 Å². The summed E-state index contributed by atoms with van der Waals surface area (Å²) in [6, 6.07) is 7.97. The van der Waals surface area contributed by atoms with Gasteiger partial charge in [-0.3, -0.25) is 0 Å². The Balaban J connectivity index is 1.77. The van der Waals surface area contributed by atoms with Crippen LogP contribution in [0.3, 0.4) is 0 Å². The van der Waals surface area contributed by atoms with Gasteiger partial charge in [0.15, 0.2) is 0 Å². The zero-order valence-corrected chi connectivity index (χ0v) is 14.7. The minimum Gasteiger partial charge on any atom is -0.490 e. The first kappa shape index (κ1) is 17.4. The van der Waals surface area contributed by atoms with Crippen LogP contribution in [-0.4, -0.2) is 42.1 Å². The Bertz CT molecular complexity index is 433. The van der Waals surface area contributed by atoms with Crippen LogP contribution in [0.2, 0.25) is 0 Å². The van der Waals surface area contributed by atoms with Crippen molar-refractivity contribution in [3.05, 3.63) is 24.3 Å². The fourth-order valence-corrected chi connectivity index (χ4v) is 2.79. The van der Waals surface area contributed by atoms with E-state index in [1.165, 1.54) is 0 Å². The molecule has 124 valence electrons. The predicted octanol–water partition coefficient (Wildman–Crippen LogP) is 4.34. The van der Waals surface area contributed by atoms with Crippen molar-refractivity contribution in [3.8, 4) is 11.5 Å². The fraction of sp³-hybridized carbons (Fsp3) is 0.667. The largest absolute Gasteiger partial charge is 0.490 e. The molecular formula is C18H28ClNO2. The van der Waals surface area contributed by atoms with Gasteiger partial charge in [-0.1, -0.05) is 0 Å². The standard InChI is InChI=1S/C18H28ClNO2/c1-18(2,3)22-17-7-5-15(6-8-17)21-16-9-13-20(14-10-16)12-4-11-19/h5-8,16H,4,9-14H2,1-3H3. The molecule has 0 amide bonds. The zero-order chi connectivity index (χ0) is 16.0. The lowest BCUT2D eigenvalue weighted by molar-refractivity contribution is 0.100. The van der Waals surface area contributed by atoms with Crippen molar-refractivity contribution in [2.45, 2.75) is 51.7 Å². The molecule has 0 atom stereocenters.